The Morgan fingerprint density at radius 3 is 2.39 bits per heavy atom. The van der Waals surface area contributed by atoms with Crippen LogP contribution in [0.5, 0.6) is 11.5 Å². The zero-order chi connectivity index (χ0) is 22.8. The first-order chi connectivity index (χ1) is 16.2. The molecule has 0 saturated carbocycles. The molecule has 166 valence electrons. The van der Waals surface area contributed by atoms with E-state index in [4.69, 9.17) is 21.7 Å². The fraction of sp³-hybridized carbons (Fsp3) is 0.154. The van der Waals surface area contributed by atoms with Crippen LogP contribution in [-0.4, -0.2) is 28.9 Å². The molecular formula is C26H24N4O2S. The van der Waals surface area contributed by atoms with E-state index in [1.54, 1.807) is 14.2 Å². The van der Waals surface area contributed by atoms with Crippen LogP contribution in [0.2, 0.25) is 0 Å². The molecule has 1 saturated heterocycles. The van der Waals surface area contributed by atoms with E-state index >= 15 is 0 Å². The van der Waals surface area contributed by atoms with Crippen LogP contribution in [0.4, 0.5) is 5.69 Å². The topological polar surface area (TPSA) is 51.5 Å². The molecule has 0 amide bonds. The Labute approximate surface area is 198 Å². The maximum Gasteiger partial charge on any atom is 0.174 e. The molecule has 33 heavy (non-hydrogen) atoms. The number of methoxy groups -OCH3 is 2. The second-order valence-corrected chi connectivity index (χ2v) is 8.06. The van der Waals surface area contributed by atoms with Crippen LogP contribution in [0, 0.1) is 0 Å². The SMILES string of the molecule is COc1ccc(N2C(=S)N[C@@H](c3ccccn3)[C@@H]2c2cccn2-c2ccccc2OC)cc1. The van der Waals surface area contributed by atoms with E-state index in [1.165, 1.54) is 0 Å². The summed E-state index contributed by atoms with van der Waals surface area (Å²) in [5.41, 5.74) is 3.93. The van der Waals surface area contributed by atoms with Crippen molar-refractivity contribution in [3.8, 4) is 17.2 Å². The number of ether oxygens (including phenoxy) is 2. The van der Waals surface area contributed by atoms with Gasteiger partial charge in [0, 0.05) is 23.8 Å². The van der Waals surface area contributed by atoms with Crippen LogP contribution < -0.4 is 19.7 Å². The van der Waals surface area contributed by atoms with Crippen molar-refractivity contribution in [2.75, 3.05) is 19.1 Å². The highest BCUT2D eigenvalue weighted by molar-refractivity contribution is 7.80. The minimum Gasteiger partial charge on any atom is -0.497 e. The van der Waals surface area contributed by atoms with Crippen molar-refractivity contribution in [2.45, 2.75) is 12.1 Å². The van der Waals surface area contributed by atoms with Gasteiger partial charge in [-0.15, -0.1) is 0 Å². The number of benzene rings is 2. The van der Waals surface area contributed by atoms with Crippen molar-refractivity contribution in [1.29, 1.82) is 0 Å². The van der Waals surface area contributed by atoms with E-state index in [9.17, 15) is 0 Å². The first kappa shape index (κ1) is 21.0. The summed E-state index contributed by atoms with van der Waals surface area (Å²) in [5.74, 6) is 1.60. The molecule has 0 radical (unpaired) electrons. The molecule has 0 unspecified atom stereocenters. The average molecular weight is 457 g/mol. The van der Waals surface area contributed by atoms with Gasteiger partial charge in [-0.25, -0.2) is 0 Å². The Bertz CT molecular complexity index is 1260. The molecule has 1 aliphatic rings. The lowest BCUT2D eigenvalue weighted by molar-refractivity contribution is 0.412. The minimum atomic E-state index is -0.138. The smallest absolute Gasteiger partial charge is 0.174 e. The molecule has 2 aromatic heterocycles. The molecule has 0 bridgehead atoms. The number of para-hydroxylation sites is 2. The highest BCUT2D eigenvalue weighted by Gasteiger charge is 2.42. The fourth-order valence-electron chi connectivity index (χ4n) is 4.36. The number of nitrogens with one attached hydrogen (secondary N) is 1. The van der Waals surface area contributed by atoms with Crippen LogP contribution in [0.15, 0.2) is 91.3 Å². The lowest BCUT2D eigenvalue weighted by Gasteiger charge is -2.29. The van der Waals surface area contributed by atoms with Gasteiger partial charge in [0.1, 0.15) is 17.5 Å². The number of anilines is 1. The third-order valence-corrected chi connectivity index (χ3v) is 6.19. The fourth-order valence-corrected chi connectivity index (χ4v) is 4.71. The van der Waals surface area contributed by atoms with Crippen molar-refractivity contribution < 1.29 is 9.47 Å². The van der Waals surface area contributed by atoms with Gasteiger partial charge in [-0.2, -0.15) is 0 Å². The Balaban J connectivity index is 1.66. The quantitative estimate of drug-likeness (QED) is 0.409. The summed E-state index contributed by atoms with van der Waals surface area (Å²) >= 11 is 5.84. The molecular weight excluding hydrogens is 432 g/mol. The van der Waals surface area contributed by atoms with Gasteiger partial charge in [-0.1, -0.05) is 18.2 Å². The second-order valence-electron chi connectivity index (χ2n) is 7.67. The monoisotopic (exact) mass is 456 g/mol. The molecule has 2 atom stereocenters. The Hall–Kier alpha value is -3.84. The highest BCUT2D eigenvalue weighted by Crippen LogP contribution is 2.43. The Morgan fingerprint density at radius 1 is 0.879 bits per heavy atom. The van der Waals surface area contributed by atoms with Crippen LogP contribution in [0.3, 0.4) is 0 Å². The zero-order valence-corrected chi connectivity index (χ0v) is 19.2. The number of aromatic nitrogens is 2. The van der Waals surface area contributed by atoms with E-state index < -0.39 is 0 Å². The number of rotatable bonds is 6. The van der Waals surface area contributed by atoms with Gasteiger partial charge < -0.3 is 24.3 Å². The summed E-state index contributed by atoms with van der Waals surface area (Å²) in [6, 6.07) is 25.8. The predicted molar refractivity (Wildman–Crippen MR) is 133 cm³/mol. The number of thiocarbonyl (C=S) groups is 1. The summed E-state index contributed by atoms with van der Waals surface area (Å²) in [6.45, 7) is 0. The van der Waals surface area contributed by atoms with Gasteiger partial charge in [0.25, 0.3) is 0 Å². The second kappa shape index (κ2) is 8.96. The predicted octanol–water partition coefficient (Wildman–Crippen LogP) is 5.07. The van der Waals surface area contributed by atoms with Crippen molar-refractivity contribution in [3.63, 3.8) is 0 Å². The van der Waals surface area contributed by atoms with E-state index in [1.807, 2.05) is 72.9 Å². The molecule has 2 aromatic carbocycles. The van der Waals surface area contributed by atoms with Crippen molar-refractivity contribution in [1.82, 2.24) is 14.9 Å². The first-order valence-corrected chi connectivity index (χ1v) is 11.1. The molecule has 4 aromatic rings. The van der Waals surface area contributed by atoms with E-state index in [2.05, 4.69) is 38.1 Å². The minimum absolute atomic E-state index is 0.135. The average Bonchev–Trinajstić information content (AvgIpc) is 3.48. The summed E-state index contributed by atoms with van der Waals surface area (Å²) in [4.78, 5) is 6.79. The van der Waals surface area contributed by atoms with Gasteiger partial charge in [-0.3, -0.25) is 4.98 Å². The first-order valence-electron chi connectivity index (χ1n) is 10.7. The Kier molecular flexibility index (Phi) is 5.71. The summed E-state index contributed by atoms with van der Waals surface area (Å²) in [6.07, 6.45) is 3.86. The van der Waals surface area contributed by atoms with Crippen LogP contribution in [0.1, 0.15) is 23.5 Å². The van der Waals surface area contributed by atoms with Gasteiger partial charge in [-0.05, 0) is 72.9 Å². The number of nitrogens with zero attached hydrogens (tertiary/aromatic N) is 3. The summed E-state index contributed by atoms with van der Waals surface area (Å²) in [5, 5.41) is 4.16. The molecule has 0 spiro atoms. The van der Waals surface area contributed by atoms with Gasteiger partial charge in [0.05, 0.1) is 31.6 Å². The molecule has 5 rings (SSSR count). The van der Waals surface area contributed by atoms with Crippen molar-refractivity contribution in [3.05, 3.63) is 103 Å². The van der Waals surface area contributed by atoms with Crippen LogP contribution >= 0.6 is 12.2 Å². The molecule has 0 aliphatic carbocycles. The maximum atomic E-state index is 5.84. The molecule has 1 fully saturated rings. The maximum absolute atomic E-state index is 5.84. The Morgan fingerprint density at radius 2 is 1.67 bits per heavy atom. The molecule has 6 nitrogen and oxygen atoms in total. The largest absolute Gasteiger partial charge is 0.497 e. The molecule has 1 N–H and O–H groups in total. The number of hydrogen-bond acceptors (Lipinski definition) is 4. The third-order valence-electron chi connectivity index (χ3n) is 5.88. The van der Waals surface area contributed by atoms with Crippen molar-refractivity contribution in [2.24, 2.45) is 0 Å². The van der Waals surface area contributed by atoms with E-state index in [0.717, 1.165) is 34.3 Å². The highest BCUT2D eigenvalue weighted by atomic mass is 32.1. The zero-order valence-electron chi connectivity index (χ0n) is 18.4. The normalized spacial score (nSPS) is 17.6. The van der Waals surface area contributed by atoms with Crippen molar-refractivity contribution >= 4 is 23.0 Å². The van der Waals surface area contributed by atoms with Crippen LogP contribution in [-0.2, 0) is 0 Å². The molecule has 1 aliphatic heterocycles. The number of pyridine rings is 1. The van der Waals surface area contributed by atoms with Gasteiger partial charge >= 0.3 is 0 Å². The lowest BCUT2D eigenvalue weighted by atomic mass is 10.0. The molecule has 3 heterocycles. The molecule has 7 heteroatoms. The number of hydrogen-bond donors (Lipinski definition) is 1. The third kappa shape index (κ3) is 3.81. The summed E-state index contributed by atoms with van der Waals surface area (Å²) in [7, 11) is 3.35. The summed E-state index contributed by atoms with van der Waals surface area (Å²) < 4.78 is 13.2. The van der Waals surface area contributed by atoms with E-state index in [0.29, 0.717) is 5.11 Å². The van der Waals surface area contributed by atoms with E-state index in [-0.39, 0.29) is 12.1 Å². The standard InChI is InChI=1S/C26H24N4O2S/c1-31-19-14-12-18(13-15-19)30-25(24(28-26(30)33)20-8-5-6-16-27-20)22-10-7-17-29(22)21-9-3-4-11-23(21)32-2/h3-17,24-25H,1-2H3,(H,28,33)/t24-,25-/m0/s1. The lowest BCUT2D eigenvalue weighted by Crippen LogP contribution is -2.30. The van der Waals surface area contributed by atoms with Gasteiger partial charge in [0.15, 0.2) is 5.11 Å². The van der Waals surface area contributed by atoms with Crippen LogP contribution in [0.25, 0.3) is 5.69 Å². The van der Waals surface area contributed by atoms with Gasteiger partial charge in [0.2, 0.25) is 0 Å².